The minimum Gasteiger partial charge on any atom is -0.394 e. The second-order valence-corrected chi connectivity index (χ2v) is 9.53. The Labute approximate surface area is 220 Å². The van der Waals surface area contributed by atoms with Crippen molar-refractivity contribution < 1.29 is 31.4 Å². The van der Waals surface area contributed by atoms with Crippen LogP contribution in [-0.4, -0.2) is 52.3 Å². The number of aliphatic hydroxyl groups excluding tert-OH is 1. The van der Waals surface area contributed by atoms with Gasteiger partial charge in [0, 0.05) is 43.5 Å². The maximum atomic E-state index is 13.7. The second-order valence-electron chi connectivity index (χ2n) is 9.53. The highest BCUT2D eigenvalue weighted by Gasteiger charge is 2.36. The Hall–Kier alpha value is -3.61. The minimum atomic E-state index is -4.57. The first kappa shape index (κ1) is 27.0. The topological polar surface area (TPSA) is 77.4 Å². The molecule has 0 saturated carbocycles. The van der Waals surface area contributed by atoms with Crippen LogP contribution in [0.2, 0.25) is 0 Å². The Kier molecular flexibility index (Phi) is 7.27. The molecule has 3 aromatic rings. The van der Waals surface area contributed by atoms with Crippen molar-refractivity contribution in [1.29, 1.82) is 0 Å². The van der Waals surface area contributed by atoms with Gasteiger partial charge in [0.25, 0.3) is 0 Å². The molecule has 0 spiro atoms. The number of fused-ring (bicyclic) bond motifs is 1. The Balaban J connectivity index is 1.50. The first-order valence-corrected chi connectivity index (χ1v) is 12.5. The number of anilines is 4. The highest BCUT2D eigenvalue weighted by atomic mass is 19.4. The summed E-state index contributed by atoms with van der Waals surface area (Å²) in [7, 11) is 0. The molecule has 39 heavy (non-hydrogen) atoms. The van der Waals surface area contributed by atoms with Crippen molar-refractivity contribution in [2.45, 2.75) is 44.1 Å². The fourth-order valence-corrected chi connectivity index (χ4v) is 5.07. The molecule has 1 saturated heterocycles. The largest absolute Gasteiger partial charge is 0.419 e. The normalized spacial score (nSPS) is 18.2. The number of benzene rings is 1. The van der Waals surface area contributed by atoms with Crippen molar-refractivity contribution in [2.75, 3.05) is 41.4 Å². The van der Waals surface area contributed by atoms with Gasteiger partial charge in [-0.1, -0.05) is 0 Å². The molecule has 1 unspecified atom stereocenters. The Morgan fingerprint density at radius 1 is 0.923 bits per heavy atom. The van der Waals surface area contributed by atoms with Crippen molar-refractivity contribution in [1.82, 2.24) is 15.0 Å². The van der Waals surface area contributed by atoms with Crippen LogP contribution in [0.25, 0.3) is 0 Å². The van der Waals surface area contributed by atoms with Gasteiger partial charge in [0.05, 0.1) is 29.5 Å². The molecule has 4 heterocycles. The van der Waals surface area contributed by atoms with Crippen LogP contribution < -0.4 is 15.1 Å². The zero-order valence-corrected chi connectivity index (χ0v) is 20.7. The van der Waals surface area contributed by atoms with Gasteiger partial charge in [-0.05, 0) is 55.7 Å². The molecule has 208 valence electrons. The number of nitrogens with one attached hydrogen (secondary N) is 1. The van der Waals surface area contributed by atoms with Crippen LogP contribution in [0.3, 0.4) is 0 Å². The van der Waals surface area contributed by atoms with Gasteiger partial charge in [-0.2, -0.15) is 31.3 Å². The predicted octanol–water partition coefficient (Wildman–Crippen LogP) is 5.22. The average molecular weight is 553 g/mol. The Morgan fingerprint density at radius 2 is 1.67 bits per heavy atom. The molecule has 0 aliphatic carbocycles. The van der Waals surface area contributed by atoms with Crippen molar-refractivity contribution >= 4 is 23.3 Å². The monoisotopic (exact) mass is 552 g/mol. The fraction of sp³-hybridized carbons (Fsp3) is 0.423. The third-order valence-electron chi connectivity index (χ3n) is 7.04. The van der Waals surface area contributed by atoms with E-state index in [-0.39, 0.29) is 38.0 Å². The smallest absolute Gasteiger partial charge is 0.394 e. The van der Waals surface area contributed by atoms with E-state index >= 15 is 0 Å². The van der Waals surface area contributed by atoms with E-state index in [0.717, 1.165) is 31.0 Å². The number of rotatable bonds is 5. The number of hydrogen-bond donors (Lipinski definition) is 2. The van der Waals surface area contributed by atoms with Gasteiger partial charge >= 0.3 is 12.4 Å². The number of aliphatic hydroxyl groups is 1. The molecule has 0 amide bonds. The molecule has 5 rings (SSSR count). The lowest BCUT2D eigenvalue weighted by atomic mass is 10.1. The molecule has 0 radical (unpaired) electrons. The highest BCUT2D eigenvalue weighted by Crippen LogP contribution is 2.37. The number of nitrogens with zero attached hydrogens (tertiary/aromatic N) is 5. The molecule has 2 aliphatic rings. The first-order valence-electron chi connectivity index (χ1n) is 12.5. The van der Waals surface area contributed by atoms with Gasteiger partial charge in [0.15, 0.2) is 0 Å². The summed E-state index contributed by atoms with van der Waals surface area (Å²) in [6.07, 6.45) is -5.54. The van der Waals surface area contributed by atoms with E-state index in [1.54, 1.807) is 4.90 Å². The summed E-state index contributed by atoms with van der Waals surface area (Å²) in [4.78, 5) is 16.9. The van der Waals surface area contributed by atoms with E-state index in [9.17, 15) is 31.4 Å². The second kappa shape index (κ2) is 10.5. The molecule has 2 N–H and O–H groups in total. The van der Waals surface area contributed by atoms with E-state index in [1.165, 1.54) is 24.4 Å². The van der Waals surface area contributed by atoms with Crippen LogP contribution in [0.4, 0.5) is 49.6 Å². The molecule has 2 aromatic heterocycles. The summed E-state index contributed by atoms with van der Waals surface area (Å²) >= 11 is 0. The van der Waals surface area contributed by atoms with E-state index in [2.05, 4.69) is 15.3 Å². The molecule has 1 aromatic carbocycles. The van der Waals surface area contributed by atoms with E-state index in [0.29, 0.717) is 41.7 Å². The van der Waals surface area contributed by atoms with Crippen LogP contribution in [-0.2, 0) is 25.2 Å². The summed E-state index contributed by atoms with van der Waals surface area (Å²) in [6.45, 7) is 0.974. The van der Waals surface area contributed by atoms with Gasteiger partial charge in [0.2, 0.25) is 5.95 Å². The van der Waals surface area contributed by atoms with Gasteiger partial charge < -0.3 is 20.2 Å². The molecular weight excluding hydrogens is 526 g/mol. The number of aromatic nitrogens is 3. The zero-order valence-electron chi connectivity index (χ0n) is 20.7. The lowest BCUT2D eigenvalue weighted by molar-refractivity contribution is -0.138. The number of pyridine rings is 1. The summed E-state index contributed by atoms with van der Waals surface area (Å²) in [5, 5.41) is 12.9. The zero-order chi connectivity index (χ0) is 27.8. The van der Waals surface area contributed by atoms with Crippen LogP contribution in [0.1, 0.15) is 35.2 Å². The van der Waals surface area contributed by atoms with Gasteiger partial charge in [0.1, 0.15) is 11.6 Å². The maximum absolute atomic E-state index is 13.7. The summed E-state index contributed by atoms with van der Waals surface area (Å²) in [5.74, 6) is 0.572. The quantitative estimate of drug-likeness (QED) is 0.421. The van der Waals surface area contributed by atoms with Crippen LogP contribution >= 0.6 is 0 Å². The van der Waals surface area contributed by atoms with E-state index < -0.39 is 23.5 Å². The summed E-state index contributed by atoms with van der Waals surface area (Å²) in [5.41, 5.74) is 0.0637. The van der Waals surface area contributed by atoms with Crippen molar-refractivity contribution in [3.05, 3.63) is 65.0 Å². The molecule has 1 fully saturated rings. The van der Waals surface area contributed by atoms with Crippen LogP contribution in [0, 0.1) is 0 Å². The Bertz CT molecular complexity index is 1310. The number of hydrogen-bond acceptors (Lipinski definition) is 7. The van der Waals surface area contributed by atoms with Crippen molar-refractivity contribution in [3.8, 4) is 0 Å². The highest BCUT2D eigenvalue weighted by molar-refractivity contribution is 5.63. The first-order chi connectivity index (χ1) is 18.5. The molecule has 13 heteroatoms. The third kappa shape index (κ3) is 5.72. The minimum absolute atomic E-state index is 0.0875. The van der Waals surface area contributed by atoms with Gasteiger partial charge in [-0.15, -0.1) is 0 Å². The summed E-state index contributed by atoms with van der Waals surface area (Å²) < 4.78 is 80.2. The van der Waals surface area contributed by atoms with Gasteiger partial charge in [-0.25, -0.2) is 9.97 Å². The fourth-order valence-electron chi connectivity index (χ4n) is 5.07. The molecule has 2 aliphatic heterocycles. The third-order valence-corrected chi connectivity index (χ3v) is 7.04. The van der Waals surface area contributed by atoms with E-state index in [1.807, 2.05) is 4.90 Å². The number of alkyl halides is 6. The van der Waals surface area contributed by atoms with E-state index in [4.69, 9.17) is 4.98 Å². The predicted molar refractivity (Wildman–Crippen MR) is 133 cm³/mol. The summed E-state index contributed by atoms with van der Waals surface area (Å²) in [6, 6.07) is 6.60. The molecular formula is C26H26F6N6O. The lowest BCUT2D eigenvalue weighted by Crippen LogP contribution is -2.34. The Morgan fingerprint density at radius 3 is 2.36 bits per heavy atom. The number of halogens is 6. The van der Waals surface area contributed by atoms with Crippen molar-refractivity contribution in [2.24, 2.45) is 0 Å². The molecule has 1 atom stereocenters. The lowest BCUT2D eigenvalue weighted by Gasteiger charge is -2.25. The molecule has 7 nitrogen and oxygen atoms in total. The molecule has 0 bridgehead atoms. The van der Waals surface area contributed by atoms with Gasteiger partial charge in [-0.3, -0.25) is 0 Å². The SMILES string of the molecule is OCC1CCCN1c1nc2c(c(Nc3ccc(C(F)(F)F)cc3)n1)CCN(c1ncccc1C(F)(F)F)CC2. The van der Waals surface area contributed by atoms with Crippen LogP contribution in [0.15, 0.2) is 42.6 Å². The van der Waals surface area contributed by atoms with Crippen molar-refractivity contribution in [3.63, 3.8) is 0 Å². The standard InChI is InChI=1S/C26H26F6N6O/c27-25(28,29)16-5-7-17(8-6-16)34-22-19-9-13-37(23-20(26(30,31)32)4-1-11-33-23)14-10-21(19)35-24(36-22)38-12-2-3-18(38)15-39/h1,4-8,11,18,39H,2-3,9-10,12-15H2,(H,34,35,36). The van der Waals surface area contributed by atoms with Crippen LogP contribution in [0.5, 0.6) is 0 Å². The average Bonchev–Trinajstić information content (AvgIpc) is 3.27. The maximum Gasteiger partial charge on any atom is 0.419 e.